The predicted molar refractivity (Wildman–Crippen MR) is 122 cm³/mol. The van der Waals surface area contributed by atoms with E-state index in [1.807, 2.05) is 36.4 Å². The van der Waals surface area contributed by atoms with Crippen LogP contribution in [-0.4, -0.2) is 62.1 Å². The molecule has 0 aromatic heterocycles. The van der Waals surface area contributed by atoms with E-state index in [0.717, 1.165) is 56.0 Å². The maximum atomic E-state index is 12.8. The molecule has 2 atom stereocenters. The van der Waals surface area contributed by atoms with E-state index >= 15 is 0 Å². The zero-order chi connectivity index (χ0) is 21.3. The Balaban J connectivity index is 1.62. The zero-order valence-corrected chi connectivity index (χ0v) is 18.5. The molecule has 0 aliphatic carbocycles. The smallest absolute Gasteiger partial charge is 0.258 e. The third-order valence-electron chi connectivity index (χ3n) is 5.99. The van der Waals surface area contributed by atoms with Crippen molar-refractivity contribution >= 4 is 5.91 Å². The second-order valence-corrected chi connectivity index (χ2v) is 8.27. The summed E-state index contributed by atoms with van der Waals surface area (Å²) in [7, 11) is 2.16. The van der Waals surface area contributed by atoms with Crippen LogP contribution in [0.2, 0.25) is 0 Å². The number of amides is 1. The second kappa shape index (κ2) is 11.1. The van der Waals surface area contributed by atoms with Crippen molar-refractivity contribution < 1.29 is 9.53 Å². The van der Waals surface area contributed by atoms with Crippen molar-refractivity contribution in [2.24, 2.45) is 0 Å². The van der Waals surface area contributed by atoms with E-state index in [0.29, 0.717) is 5.92 Å². The van der Waals surface area contributed by atoms with Crippen LogP contribution in [-0.2, 0) is 4.79 Å². The highest BCUT2D eigenvalue weighted by molar-refractivity contribution is 5.78. The van der Waals surface area contributed by atoms with Crippen LogP contribution in [0.1, 0.15) is 43.4 Å². The summed E-state index contributed by atoms with van der Waals surface area (Å²) in [4.78, 5) is 17.6. The Morgan fingerprint density at radius 1 is 1.03 bits per heavy atom. The Morgan fingerprint density at radius 3 is 2.40 bits per heavy atom. The summed E-state index contributed by atoms with van der Waals surface area (Å²) in [6.07, 6.45) is 1.04. The van der Waals surface area contributed by atoms with Crippen LogP contribution in [0.5, 0.6) is 5.75 Å². The standard InChI is InChI=1S/C25H35N3O2/c1-4-20(2)22-12-8-9-13-24(22)30-19-25(29)26-23(21-10-6-5-7-11-21)18-28-16-14-27(3)15-17-28/h5-13,20,23H,4,14-19H2,1-3H3,(H,26,29). The molecule has 2 unspecified atom stereocenters. The van der Waals surface area contributed by atoms with Crippen LogP contribution in [0.15, 0.2) is 54.6 Å². The monoisotopic (exact) mass is 409 g/mol. The molecule has 0 spiro atoms. The largest absolute Gasteiger partial charge is 0.483 e. The van der Waals surface area contributed by atoms with E-state index in [9.17, 15) is 4.79 Å². The van der Waals surface area contributed by atoms with Gasteiger partial charge in [0.15, 0.2) is 6.61 Å². The number of carbonyl (C=O) groups excluding carboxylic acids is 1. The third kappa shape index (κ3) is 6.31. The average Bonchev–Trinajstić information content (AvgIpc) is 2.79. The third-order valence-corrected chi connectivity index (χ3v) is 5.99. The summed E-state index contributed by atoms with van der Waals surface area (Å²) in [5.74, 6) is 1.12. The van der Waals surface area contributed by atoms with Crippen LogP contribution in [0.3, 0.4) is 0 Å². The highest BCUT2D eigenvalue weighted by Crippen LogP contribution is 2.28. The highest BCUT2D eigenvalue weighted by Gasteiger charge is 2.21. The van der Waals surface area contributed by atoms with E-state index in [1.54, 1.807) is 0 Å². The summed E-state index contributed by atoms with van der Waals surface area (Å²) in [5, 5.41) is 3.21. The first-order valence-electron chi connectivity index (χ1n) is 11.0. The molecule has 1 aliphatic heterocycles. The minimum Gasteiger partial charge on any atom is -0.483 e. The van der Waals surface area contributed by atoms with Gasteiger partial charge in [-0.2, -0.15) is 0 Å². The highest BCUT2D eigenvalue weighted by atomic mass is 16.5. The molecule has 5 heteroatoms. The average molecular weight is 410 g/mol. The lowest BCUT2D eigenvalue weighted by atomic mass is 9.98. The fourth-order valence-electron chi connectivity index (χ4n) is 3.83. The van der Waals surface area contributed by atoms with Crippen molar-refractivity contribution in [3.05, 3.63) is 65.7 Å². The summed E-state index contributed by atoms with van der Waals surface area (Å²) in [6.45, 7) is 9.35. The molecule has 1 fully saturated rings. The maximum Gasteiger partial charge on any atom is 0.258 e. The number of hydrogen-bond acceptors (Lipinski definition) is 4. The zero-order valence-electron chi connectivity index (χ0n) is 18.5. The molecule has 0 saturated carbocycles. The van der Waals surface area contributed by atoms with Gasteiger partial charge in [0.2, 0.25) is 0 Å². The number of hydrogen-bond donors (Lipinski definition) is 1. The van der Waals surface area contributed by atoms with Crippen LogP contribution < -0.4 is 10.1 Å². The Hall–Kier alpha value is -2.37. The molecule has 2 aromatic carbocycles. The van der Waals surface area contributed by atoms with E-state index in [1.165, 1.54) is 0 Å². The SMILES string of the molecule is CCC(C)c1ccccc1OCC(=O)NC(CN1CCN(C)CC1)c1ccccc1. The molecule has 0 bridgehead atoms. The quantitative estimate of drug-likeness (QED) is 0.686. The topological polar surface area (TPSA) is 44.8 Å². The molecule has 1 heterocycles. The number of para-hydroxylation sites is 1. The number of carbonyl (C=O) groups is 1. The minimum atomic E-state index is -0.0862. The molecule has 2 aromatic rings. The van der Waals surface area contributed by atoms with Gasteiger partial charge in [-0.15, -0.1) is 0 Å². The van der Waals surface area contributed by atoms with Crippen molar-refractivity contribution in [1.29, 1.82) is 0 Å². The van der Waals surface area contributed by atoms with Crippen molar-refractivity contribution in [3.63, 3.8) is 0 Å². The maximum absolute atomic E-state index is 12.8. The summed E-state index contributed by atoms with van der Waals surface area (Å²) < 4.78 is 5.93. The van der Waals surface area contributed by atoms with Crippen LogP contribution >= 0.6 is 0 Å². The number of nitrogens with zero attached hydrogens (tertiary/aromatic N) is 2. The van der Waals surface area contributed by atoms with Gasteiger partial charge in [-0.25, -0.2) is 0 Å². The molecular formula is C25H35N3O2. The van der Waals surface area contributed by atoms with Gasteiger partial charge in [-0.05, 0) is 36.6 Å². The lowest BCUT2D eigenvalue weighted by Gasteiger charge is -2.35. The van der Waals surface area contributed by atoms with Gasteiger partial charge in [0.25, 0.3) is 5.91 Å². The van der Waals surface area contributed by atoms with Gasteiger partial charge in [-0.3, -0.25) is 9.69 Å². The van der Waals surface area contributed by atoms with E-state index in [-0.39, 0.29) is 18.6 Å². The van der Waals surface area contributed by atoms with Gasteiger partial charge >= 0.3 is 0 Å². The fourth-order valence-corrected chi connectivity index (χ4v) is 3.83. The molecule has 30 heavy (non-hydrogen) atoms. The van der Waals surface area contributed by atoms with Gasteiger partial charge in [0, 0.05) is 32.7 Å². The Morgan fingerprint density at radius 2 is 1.70 bits per heavy atom. The molecule has 1 saturated heterocycles. The predicted octanol–water partition coefficient (Wildman–Crippen LogP) is 3.68. The van der Waals surface area contributed by atoms with Crippen LogP contribution in [0.4, 0.5) is 0 Å². The minimum absolute atomic E-state index is 0.0273. The van der Waals surface area contributed by atoms with Gasteiger partial charge < -0.3 is 15.0 Å². The van der Waals surface area contributed by atoms with Crippen molar-refractivity contribution in [2.75, 3.05) is 46.4 Å². The first-order valence-corrected chi connectivity index (χ1v) is 11.0. The van der Waals surface area contributed by atoms with Crippen LogP contribution in [0.25, 0.3) is 0 Å². The van der Waals surface area contributed by atoms with Gasteiger partial charge in [0.05, 0.1) is 6.04 Å². The van der Waals surface area contributed by atoms with E-state index in [4.69, 9.17) is 4.74 Å². The van der Waals surface area contributed by atoms with Gasteiger partial charge in [0.1, 0.15) is 5.75 Å². The molecular weight excluding hydrogens is 374 g/mol. The fraction of sp³-hybridized carbons (Fsp3) is 0.480. The number of rotatable bonds is 9. The van der Waals surface area contributed by atoms with Crippen molar-refractivity contribution in [2.45, 2.75) is 32.2 Å². The molecule has 1 N–H and O–H groups in total. The molecule has 5 nitrogen and oxygen atoms in total. The number of benzene rings is 2. The Bertz CT molecular complexity index is 788. The van der Waals surface area contributed by atoms with Crippen molar-refractivity contribution in [1.82, 2.24) is 15.1 Å². The normalized spacial score (nSPS) is 17.3. The summed E-state index contributed by atoms with van der Waals surface area (Å²) in [5.41, 5.74) is 2.29. The molecule has 1 amide bonds. The number of nitrogens with one attached hydrogen (secondary N) is 1. The summed E-state index contributed by atoms with van der Waals surface area (Å²) in [6, 6.07) is 18.2. The lowest BCUT2D eigenvalue weighted by Crippen LogP contribution is -2.48. The Labute approximate surface area is 181 Å². The Kier molecular flexibility index (Phi) is 8.29. The van der Waals surface area contributed by atoms with E-state index in [2.05, 4.69) is 54.2 Å². The first-order chi connectivity index (χ1) is 14.6. The molecule has 162 valence electrons. The van der Waals surface area contributed by atoms with E-state index < -0.39 is 0 Å². The number of ether oxygens (including phenoxy) is 1. The number of piperazine rings is 1. The molecule has 1 aliphatic rings. The summed E-state index contributed by atoms with van der Waals surface area (Å²) >= 11 is 0. The first kappa shape index (κ1) is 22.3. The van der Waals surface area contributed by atoms with Crippen LogP contribution in [0, 0.1) is 0 Å². The molecule has 3 rings (SSSR count). The number of likely N-dealkylation sites (N-methyl/N-ethyl adjacent to an activating group) is 1. The van der Waals surface area contributed by atoms with Crippen molar-refractivity contribution in [3.8, 4) is 5.75 Å². The molecule has 0 radical (unpaired) electrons. The lowest BCUT2D eigenvalue weighted by molar-refractivity contribution is -0.124. The second-order valence-electron chi connectivity index (χ2n) is 8.27. The van der Waals surface area contributed by atoms with Gasteiger partial charge in [-0.1, -0.05) is 62.4 Å².